The second-order valence-corrected chi connectivity index (χ2v) is 2.73. The van der Waals surface area contributed by atoms with E-state index in [-0.39, 0.29) is 23.5 Å². The fraction of sp³-hybridized carbons (Fsp3) is 0.182. The first-order valence-electron chi connectivity index (χ1n) is 4.17. The van der Waals surface area contributed by atoms with Crippen molar-refractivity contribution in [1.82, 2.24) is 0 Å². The molecule has 0 bridgehead atoms. The van der Waals surface area contributed by atoms with Gasteiger partial charge in [0.2, 0.25) is 0 Å². The number of hydrogen-bond donors (Lipinski definition) is 0. The Bertz CT molecular complexity index is 358. The summed E-state index contributed by atoms with van der Waals surface area (Å²) in [5.74, 6) is -0.622. The molecule has 14 heavy (non-hydrogen) atoms. The Morgan fingerprint density at radius 1 is 1.64 bits per heavy atom. The minimum atomic E-state index is -0.559. The lowest BCUT2D eigenvalue weighted by atomic mass is 10.1. The van der Waals surface area contributed by atoms with Crippen molar-refractivity contribution in [3.8, 4) is 5.75 Å². The number of ether oxygens (including phenoxy) is 1. The van der Waals surface area contributed by atoms with E-state index in [0.29, 0.717) is 0 Å². The Balaban J connectivity index is 3.16. The SMILES string of the molecule is C=CCC(=O)c1c(F)cccc1OC. The Kier molecular flexibility index (Phi) is 3.40. The summed E-state index contributed by atoms with van der Waals surface area (Å²) in [5.41, 5.74) is -0.00472. The van der Waals surface area contributed by atoms with Crippen molar-refractivity contribution >= 4 is 5.78 Å². The minimum Gasteiger partial charge on any atom is -0.496 e. The van der Waals surface area contributed by atoms with Gasteiger partial charge in [0.05, 0.1) is 12.7 Å². The van der Waals surface area contributed by atoms with Gasteiger partial charge in [-0.15, -0.1) is 6.58 Å². The monoisotopic (exact) mass is 194 g/mol. The highest BCUT2D eigenvalue weighted by Gasteiger charge is 2.15. The van der Waals surface area contributed by atoms with Gasteiger partial charge < -0.3 is 4.74 Å². The second kappa shape index (κ2) is 4.56. The molecule has 0 spiro atoms. The van der Waals surface area contributed by atoms with E-state index in [1.54, 1.807) is 6.07 Å². The molecule has 0 radical (unpaired) electrons. The second-order valence-electron chi connectivity index (χ2n) is 2.73. The average Bonchev–Trinajstić information content (AvgIpc) is 2.17. The van der Waals surface area contributed by atoms with Gasteiger partial charge in [0, 0.05) is 6.42 Å². The molecule has 0 N–H and O–H groups in total. The number of halogens is 1. The molecule has 0 amide bonds. The Hall–Kier alpha value is -1.64. The van der Waals surface area contributed by atoms with Crippen molar-refractivity contribution in [1.29, 1.82) is 0 Å². The maximum Gasteiger partial charge on any atom is 0.173 e. The Labute approximate surface area is 82.0 Å². The number of carbonyl (C=O) groups excluding carboxylic acids is 1. The summed E-state index contributed by atoms with van der Waals surface area (Å²) >= 11 is 0. The van der Waals surface area contributed by atoms with Gasteiger partial charge in [0.1, 0.15) is 11.6 Å². The summed E-state index contributed by atoms with van der Waals surface area (Å²) in [6.07, 6.45) is 1.55. The number of rotatable bonds is 4. The normalized spacial score (nSPS) is 9.57. The Morgan fingerprint density at radius 2 is 2.36 bits per heavy atom. The van der Waals surface area contributed by atoms with Crippen molar-refractivity contribution in [2.75, 3.05) is 7.11 Å². The van der Waals surface area contributed by atoms with Crippen LogP contribution >= 0.6 is 0 Å². The third-order valence-corrected chi connectivity index (χ3v) is 1.80. The molecule has 0 saturated heterocycles. The zero-order valence-corrected chi connectivity index (χ0v) is 7.92. The molecule has 0 unspecified atom stereocenters. The van der Waals surface area contributed by atoms with Crippen LogP contribution < -0.4 is 4.74 Å². The van der Waals surface area contributed by atoms with E-state index in [1.807, 2.05) is 0 Å². The quantitative estimate of drug-likeness (QED) is 0.544. The van der Waals surface area contributed by atoms with E-state index < -0.39 is 5.82 Å². The molecule has 0 aliphatic carbocycles. The summed E-state index contributed by atoms with van der Waals surface area (Å²) in [6, 6.07) is 4.29. The van der Waals surface area contributed by atoms with Crippen LogP contribution in [0.1, 0.15) is 16.8 Å². The number of hydrogen-bond acceptors (Lipinski definition) is 2. The zero-order chi connectivity index (χ0) is 10.6. The molecule has 0 heterocycles. The van der Waals surface area contributed by atoms with E-state index >= 15 is 0 Å². The van der Waals surface area contributed by atoms with Crippen LogP contribution in [0.5, 0.6) is 5.75 Å². The zero-order valence-electron chi connectivity index (χ0n) is 7.92. The molecule has 74 valence electrons. The number of allylic oxidation sites excluding steroid dienone is 1. The van der Waals surface area contributed by atoms with Crippen LogP contribution in [0.2, 0.25) is 0 Å². The van der Waals surface area contributed by atoms with E-state index in [1.165, 1.54) is 25.3 Å². The number of benzene rings is 1. The lowest BCUT2D eigenvalue weighted by Gasteiger charge is -2.06. The van der Waals surface area contributed by atoms with Crippen molar-refractivity contribution < 1.29 is 13.9 Å². The van der Waals surface area contributed by atoms with Crippen LogP contribution in [0.25, 0.3) is 0 Å². The number of Topliss-reactive ketones (excluding diaryl/α,β-unsaturated/α-hetero) is 1. The highest BCUT2D eigenvalue weighted by molar-refractivity contribution is 5.99. The van der Waals surface area contributed by atoms with Crippen molar-refractivity contribution in [2.45, 2.75) is 6.42 Å². The maximum absolute atomic E-state index is 13.3. The first-order valence-corrected chi connectivity index (χ1v) is 4.17. The van der Waals surface area contributed by atoms with E-state index in [9.17, 15) is 9.18 Å². The van der Waals surface area contributed by atoms with Crippen LogP contribution in [0, 0.1) is 5.82 Å². The average molecular weight is 194 g/mol. The van der Waals surface area contributed by atoms with E-state index in [2.05, 4.69) is 6.58 Å². The van der Waals surface area contributed by atoms with Crippen LogP contribution in [-0.4, -0.2) is 12.9 Å². The lowest BCUT2D eigenvalue weighted by Crippen LogP contribution is -2.04. The molecule has 1 aromatic carbocycles. The van der Waals surface area contributed by atoms with Crippen molar-refractivity contribution in [3.05, 3.63) is 42.2 Å². The molecule has 0 saturated carbocycles. The fourth-order valence-electron chi connectivity index (χ4n) is 1.18. The molecule has 2 nitrogen and oxygen atoms in total. The largest absolute Gasteiger partial charge is 0.496 e. The van der Waals surface area contributed by atoms with Gasteiger partial charge in [-0.05, 0) is 12.1 Å². The maximum atomic E-state index is 13.3. The van der Waals surface area contributed by atoms with Crippen molar-refractivity contribution in [2.24, 2.45) is 0 Å². The Morgan fingerprint density at radius 3 is 2.93 bits per heavy atom. The van der Waals surface area contributed by atoms with Crippen LogP contribution in [-0.2, 0) is 0 Å². The molecular weight excluding hydrogens is 183 g/mol. The fourth-order valence-corrected chi connectivity index (χ4v) is 1.18. The van der Waals surface area contributed by atoms with Gasteiger partial charge in [-0.1, -0.05) is 12.1 Å². The molecule has 0 fully saturated rings. The molecule has 0 atom stereocenters. The third kappa shape index (κ3) is 1.99. The van der Waals surface area contributed by atoms with Crippen LogP contribution in [0.3, 0.4) is 0 Å². The standard InChI is InChI=1S/C11H11FO2/c1-3-5-9(13)11-8(12)6-4-7-10(11)14-2/h3-4,6-7H,1,5H2,2H3. The van der Waals surface area contributed by atoms with Gasteiger partial charge in [-0.3, -0.25) is 4.79 Å². The minimum absolute atomic E-state index is 0.00472. The van der Waals surface area contributed by atoms with Gasteiger partial charge >= 0.3 is 0 Å². The predicted molar refractivity (Wildman–Crippen MR) is 52.1 cm³/mol. The molecule has 0 aliphatic rings. The van der Waals surface area contributed by atoms with Gasteiger partial charge in [-0.2, -0.15) is 0 Å². The summed E-state index contributed by atoms with van der Waals surface area (Å²) in [5, 5.41) is 0. The van der Waals surface area contributed by atoms with E-state index in [0.717, 1.165) is 0 Å². The lowest BCUT2D eigenvalue weighted by molar-refractivity contribution is 0.0989. The molecule has 0 aromatic heterocycles. The topological polar surface area (TPSA) is 26.3 Å². The molecule has 1 aromatic rings. The van der Waals surface area contributed by atoms with E-state index in [4.69, 9.17) is 4.74 Å². The van der Waals surface area contributed by atoms with Gasteiger partial charge in [0.15, 0.2) is 5.78 Å². The summed E-state index contributed by atoms with van der Waals surface area (Å²) < 4.78 is 18.2. The summed E-state index contributed by atoms with van der Waals surface area (Å²) in [4.78, 5) is 11.5. The molecule has 3 heteroatoms. The summed E-state index contributed by atoms with van der Waals surface area (Å²) in [7, 11) is 1.40. The van der Waals surface area contributed by atoms with Crippen molar-refractivity contribution in [3.63, 3.8) is 0 Å². The number of ketones is 1. The van der Waals surface area contributed by atoms with Crippen LogP contribution in [0.4, 0.5) is 4.39 Å². The highest BCUT2D eigenvalue weighted by atomic mass is 19.1. The predicted octanol–water partition coefficient (Wildman–Crippen LogP) is 2.59. The van der Waals surface area contributed by atoms with Gasteiger partial charge in [-0.25, -0.2) is 4.39 Å². The molecule has 0 aliphatic heterocycles. The third-order valence-electron chi connectivity index (χ3n) is 1.80. The van der Waals surface area contributed by atoms with Gasteiger partial charge in [0.25, 0.3) is 0 Å². The number of carbonyl (C=O) groups is 1. The first kappa shape index (κ1) is 10.4. The number of methoxy groups -OCH3 is 1. The highest BCUT2D eigenvalue weighted by Crippen LogP contribution is 2.22. The molecule has 1 rings (SSSR count). The summed E-state index contributed by atoms with van der Waals surface area (Å²) in [6.45, 7) is 3.43. The van der Waals surface area contributed by atoms with Crippen LogP contribution in [0.15, 0.2) is 30.9 Å². The smallest absolute Gasteiger partial charge is 0.173 e. The molecular formula is C11H11FO2. The first-order chi connectivity index (χ1) is 6.70.